The lowest BCUT2D eigenvalue weighted by atomic mass is 9.95. The molecule has 0 spiro atoms. The van der Waals surface area contributed by atoms with Crippen LogP contribution in [0, 0.1) is 0 Å². The molecule has 2 nitrogen and oxygen atoms in total. The first-order valence-electron chi connectivity index (χ1n) is 7.28. The summed E-state index contributed by atoms with van der Waals surface area (Å²) in [6.45, 7) is 11.0. The van der Waals surface area contributed by atoms with Crippen molar-refractivity contribution in [3.05, 3.63) is 22.8 Å². The van der Waals surface area contributed by atoms with Gasteiger partial charge in [0.15, 0.2) is 0 Å². The molecular weight excluding hydrogens is 220 g/mol. The first kappa shape index (κ1) is 14.9. The standard InChI is InChI=1S/C16H28N2/c1-6-11(5)18-16-13(8-3)10-12(7-2)15(17)14(16)9-4/h10-11,18H,6-9,17H2,1-5H3. The Morgan fingerprint density at radius 3 is 2.11 bits per heavy atom. The zero-order chi connectivity index (χ0) is 13.7. The number of rotatable bonds is 6. The number of hydrogen-bond acceptors (Lipinski definition) is 2. The number of nitrogens with one attached hydrogen (secondary N) is 1. The molecule has 0 aliphatic rings. The first-order valence-corrected chi connectivity index (χ1v) is 7.28. The maximum atomic E-state index is 6.31. The van der Waals surface area contributed by atoms with Gasteiger partial charge in [0.1, 0.15) is 0 Å². The largest absolute Gasteiger partial charge is 0.398 e. The van der Waals surface area contributed by atoms with Crippen LogP contribution in [0.1, 0.15) is 57.7 Å². The van der Waals surface area contributed by atoms with Crippen LogP contribution in [0.3, 0.4) is 0 Å². The summed E-state index contributed by atoms with van der Waals surface area (Å²) in [5.74, 6) is 0. The van der Waals surface area contributed by atoms with Crippen molar-refractivity contribution in [2.75, 3.05) is 11.1 Å². The highest BCUT2D eigenvalue weighted by molar-refractivity contribution is 5.71. The highest BCUT2D eigenvalue weighted by Crippen LogP contribution is 2.32. The Bertz CT molecular complexity index is 397. The van der Waals surface area contributed by atoms with Crippen LogP contribution in [-0.2, 0) is 19.3 Å². The summed E-state index contributed by atoms with van der Waals surface area (Å²) in [5, 5.41) is 3.64. The minimum absolute atomic E-state index is 0.493. The maximum absolute atomic E-state index is 6.31. The molecule has 1 unspecified atom stereocenters. The van der Waals surface area contributed by atoms with Crippen LogP contribution in [0.2, 0.25) is 0 Å². The first-order chi connectivity index (χ1) is 8.58. The monoisotopic (exact) mass is 248 g/mol. The van der Waals surface area contributed by atoms with Gasteiger partial charge in [-0.25, -0.2) is 0 Å². The number of aryl methyl sites for hydroxylation is 2. The average Bonchev–Trinajstić information content (AvgIpc) is 2.39. The third kappa shape index (κ3) is 2.98. The van der Waals surface area contributed by atoms with Crippen molar-refractivity contribution in [1.82, 2.24) is 0 Å². The quantitative estimate of drug-likeness (QED) is 0.742. The number of benzene rings is 1. The van der Waals surface area contributed by atoms with Crippen molar-refractivity contribution in [1.29, 1.82) is 0 Å². The Balaban J connectivity index is 3.32. The number of nitrogen functional groups attached to an aromatic ring is 1. The molecule has 0 aliphatic heterocycles. The summed E-state index contributed by atoms with van der Waals surface area (Å²) in [6, 6.07) is 2.77. The third-order valence-electron chi connectivity index (χ3n) is 3.76. The summed E-state index contributed by atoms with van der Waals surface area (Å²) in [4.78, 5) is 0. The molecule has 0 aromatic heterocycles. The van der Waals surface area contributed by atoms with E-state index in [1.54, 1.807) is 0 Å². The highest BCUT2D eigenvalue weighted by atomic mass is 14.9. The summed E-state index contributed by atoms with van der Waals surface area (Å²) in [7, 11) is 0. The lowest BCUT2D eigenvalue weighted by Gasteiger charge is -2.23. The summed E-state index contributed by atoms with van der Waals surface area (Å²) in [6.07, 6.45) is 4.18. The maximum Gasteiger partial charge on any atom is 0.0428 e. The summed E-state index contributed by atoms with van der Waals surface area (Å²) >= 11 is 0. The van der Waals surface area contributed by atoms with Gasteiger partial charge in [-0.05, 0) is 49.3 Å². The minimum Gasteiger partial charge on any atom is -0.398 e. The van der Waals surface area contributed by atoms with E-state index in [0.717, 1.165) is 31.4 Å². The number of nitrogens with two attached hydrogens (primary N) is 1. The van der Waals surface area contributed by atoms with Crippen LogP contribution in [0.15, 0.2) is 6.07 Å². The zero-order valence-electron chi connectivity index (χ0n) is 12.6. The topological polar surface area (TPSA) is 38.0 Å². The molecule has 1 aromatic carbocycles. The van der Waals surface area contributed by atoms with E-state index < -0.39 is 0 Å². The SMILES string of the molecule is CCc1cc(CC)c(NC(C)CC)c(CC)c1N. The van der Waals surface area contributed by atoms with Gasteiger partial charge in [-0.1, -0.05) is 33.8 Å². The van der Waals surface area contributed by atoms with Gasteiger partial charge in [0.05, 0.1) is 0 Å². The molecule has 0 saturated heterocycles. The van der Waals surface area contributed by atoms with Crippen LogP contribution in [0.25, 0.3) is 0 Å². The zero-order valence-corrected chi connectivity index (χ0v) is 12.6. The predicted molar refractivity (Wildman–Crippen MR) is 82.4 cm³/mol. The van der Waals surface area contributed by atoms with Crippen molar-refractivity contribution in [3.63, 3.8) is 0 Å². The van der Waals surface area contributed by atoms with Gasteiger partial charge >= 0.3 is 0 Å². The minimum atomic E-state index is 0.493. The lowest BCUT2D eigenvalue weighted by molar-refractivity contribution is 0.759. The molecule has 18 heavy (non-hydrogen) atoms. The molecule has 102 valence electrons. The van der Waals surface area contributed by atoms with Gasteiger partial charge in [-0.15, -0.1) is 0 Å². The molecule has 0 heterocycles. The average molecular weight is 248 g/mol. The smallest absolute Gasteiger partial charge is 0.0428 e. The molecule has 3 N–H and O–H groups in total. The van der Waals surface area contributed by atoms with Gasteiger partial charge < -0.3 is 11.1 Å². The molecule has 1 atom stereocenters. The van der Waals surface area contributed by atoms with Crippen molar-refractivity contribution < 1.29 is 0 Å². The third-order valence-corrected chi connectivity index (χ3v) is 3.76. The van der Waals surface area contributed by atoms with Gasteiger partial charge in [-0.3, -0.25) is 0 Å². The Morgan fingerprint density at radius 2 is 1.67 bits per heavy atom. The van der Waals surface area contributed by atoms with E-state index in [2.05, 4.69) is 46.0 Å². The van der Waals surface area contributed by atoms with Crippen LogP contribution in [0.4, 0.5) is 11.4 Å². The fraction of sp³-hybridized carbons (Fsp3) is 0.625. The molecule has 0 bridgehead atoms. The molecule has 0 radical (unpaired) electrons. The fourth-order valence-corrected chi connectivity index (χ4v) is 2.35. The van der Waals surface area contributed by atoms with Crippen LogP contribution in [0.5, 0.6) is 0 Å². The molecule has 1 rings (SSSR count). The summed E-state index contributed by atoms with van der Waals surface area (Å²) in [5.41, 5.74) is 12.6. The molecule has 1 aromatic rings. The van der Waals surface area contributed by atoms with E-state index in [-0.39, 0.29) is 0 Å². The van der Waals surface area contributed by atoms with Gasteiger partial charge in [-0.2, -0.15) is 0 Å². The van der Waals surface area contributed by atoms with E-state index in [4.69, 9.17) is 5.73 Å². The Kier molecular flexibility index (Phi) is 5.52. The van der Waals surface area contributed by atoms with E-state index >= 15 is 0 Å². The number of anilines is 2. The van der Waals surface area contributed by atoms with Crippen molar-refractivity contribution >= 4 is 11.4 Å². The van der Waals surface area contributed by atoms with Crippen molar-refractivity contribution in [2.45, 2.75) is 66.3 Å². The van der Waals surface area contributed by atoms with Crippen LogP contribution in [-0.4, -0.2) is 6.04 Å². The summed E-state index contributed by atoms with van der Waals surface area (Å²) < 4.78 is 0. The van der Waals surface area contributed by atoms with E-state index in [1.165, 1.54) is 22.4 Å². The van der Waals surface area contributed by atoms with E-state index in [9.17, 15) is 0 Å². The lowest BCUT2D eigenvalue weighted by Crippen LogP contribution is -2.17. The van der Waals surface area contributed by atoms with Gasteiger partial charge in [0, 0.05) is 17.4 Å². The second-order valence-electron chi connectivity index (χ2n) is 4.98. The predicted octanol–water partition coefficient (Wildman–Crippen LogP) is 4.17. The molecule has 0 amide bonds. The van der Waals surface area contributed by atoms with Gasteiger partial charge in [0.25, 0.3) is 0 Å². The Labute approximate surface area is 112 Å². The van der Waals surface area contributed by atoms with E-state index in [1.807, 2.05) is 0 Å². The second kappa shape index (κ2) is 6.67. The second-order valence-corrected chi connectivity index (χ2v) is 4.98. The molecule has 0 fully saturated rings. The van der Waals surface area contributed by atoms with Crippen LogP contribution >= 0.6 is 0 Å². The van der Waals surface area contributed by atoms with Gasteiger partial charge in [0.2, 0.25) is 0 Å². The van der Waals surface area contributed by atoms with Crippen molar-refractivity contribution in [2.24, 2.45) is 0 Å². The molecule has 0 saturated carbocycles. The highest BCUT2D eigenvalue weighted by Gasteiger charge is 2.14. The van der Waals surface area contributed by atoms with E-state index in [0.29, 0.717) is 6.04 Å². The molecule has 2 heteroatoms. The normalized spacial score (nSPS) is 12.5. The molecule has 0 aliphatic carbocycles. The molecular formula is C16H28N2. The van der Waals surface area contributed by atoms with Crippen molar-refractivity contribution in [3.8, 4) is 0 Å². The Morgan fingerprint density at radius 1 is 1.06 bits per heavy atom. The van der Waals surface area contributed by atoms with Crippen LogP contribution < -0.4 is 11.1 Å². The Hall–Kier alpha value is -1.18. The number of hydrogen-bond donors (Lipinski definition) is 2. The fourth-order valence-electron chi connectivity index (χ4n) is 2.35.